The molecule has 3 N–H and O–H groups in total. The minimum Gasteiger partial charge on any atom is -0.396 e. The number of hydrogen-bond donors (Lipinski definition) is 3. The fraction of sp³-hybridized carbons (Fsp3) is 0.429. The quantitative estimate of drug-likeness (QED) is 0.734. The Morgan fingerprint density at radius 1 is 1.47 bits per heavy atom. The van der Waals surface area contributed by atoms with E-state index >= 15 is 0 Å². The Bertz CT molecular complexity index is 510. The molecule has 1 amide bonds. The van der Waals surface area contributed by atoms with Crippen LogP contribution in [0.25, 0.3) is 0 Å². The van der Waals surface area contributed by atoms with Crippen LogP contribution in [0.3, 0.4) is 0 Å². The Kier molecular flexibility index (Phi) is 4.15. The predicted octanol–water partition coefficient (Wildman–Crippen LogP) is 0.420. The summed E-state index contributed by atoms with van der Waals surface area (Å²) in [4.78, 5) is 12.0. The number of hydrogen-bond acceptors (Lipinski definition) is 4. The highest BCUT2D eigenvalue weighted by Crippen LogP contribution is 2.25. The molecule has 1 aromatic carbocycles. The number of nitrogens with zero attached hydrogens (tertiary/aromatic N) is 1. The maximum Gasteiger partial charge on any atom is 0.251 e. The number of aliphatic hydroxyl groups excluding tert-OH is 2. The minimum absolute atomic E-state index is 0.0720. The molecule has 5 nitrogen and oxygen atoms in total. The highest BCUT2D eigenvalue weighted by atomic mass is 16.3. The van der Waals surface area contributed by atoms with Crippen LogP contribution >= 0.6 is 0 Å². The van der Waals surface area contributed by atoms with Crippen molar-refractivity contribution in [2.75, 3.05) is 6.61 Å². The van der Waals surface area contributed by atoms with Crippen LogP contribution < -0.4 is 5.32 Å². The molecule has 1 fully saturated rings. The standard InChI is InChI=1S/C14H16N2O3/c15-7-9-2-1-3-10(4-9)14(19)16-12-5-11(8-17)13(18)6-12/h1-4,11-13,17-18H,5-6,8H2,(H,16,19)/t11-,12+,13+/m1/s1. The van der Waals surface area contributed by atoms with Gasteiger partial charge in [0.2, 0.25) is 0 Å². The van der Waals surface area contributed by atoms with E-state index in [1.807, 2.05) is 6.07 Å². The summed E-state index contributed by atoms with van der Waals surface area (Å²) in [5.41, 5.74) is 0.869. The first-order valence-electron chi connectivity index (χ1n) is 6.24. The molecule has 0 saturated heterocycles. The summed E-state index contributed by atoms with van der Waals surface area (Å²) in [5, 5.41) is 30.3. The van der Waals surface area contributed by atoms with Crippen LogP contribution in [-0.2, 0) is 0 Å². The van der Waals surface area contributed by atoms with Crippen molar-refractivity contribution in [1.82, 2.24) is 5.32 Å². The predicted molar refractivity (Wildman–Crippen MR) is 68.2 cm³/mol. The summed E-state index contributed by atoms with van der Waals surface area (Å²) in [6.07, 6.45) is 0.455. The maximum absolute atomic E-state index is 12.0. The van der Waals surface area contributed by atoms with Crippen molar-refractivity contribution in [2.24, 2.45) is 5.92 Å². The van der Waals surface area contributed by atoms with Gasteiger partial charge in [-0.05, 0) is 31.0 Å². The van der Waals surface area contributed by atoms with E-state index in [1.165, 1.54) is 6.07 Å². The molecule has 100 valence electrons. The van der Waals surface area contributed by atoms with Crippen LogP contribution in [0.2, 0.25) is 0 Å². The van der Waals surface area contributed by atoms with Gasteiger partial charge in [0, 0.05) is 24.1 Å². The summed E-state index contributed by atoms with van der Waals surface area (Å²) in [6.45, 7) is -0.0720. The summed E-state index contributed by atoms with van der Waals surface area (Å²) < 4.78 is 0. The van der Waals surface area contributed by atoms with Crippen molar-refractivity contribution >= 4 is 5.91 Å². The zero-order chi connectivity index (χ0) is 13.8. The molecule has 1 aliphatic carbocycles. The fourth-order valence-corrected chi connectivity index (χ4v) is 2.42. The first kappa shape index (κ1) is 13.5. The SMILES string of the molecule is N#Cc1cccc(C(=O)N[C@H]2C[C@H](CO)[C@@H](O)C2)c1. The molecule has 3 atom stereocenters. The lowest BCUT2D eigenvalue weighted by Crippen LogP contribution is -2.33. The van der Waals surface area contributed by atoms with Crippen molar-refractivity contribution in [3.63, 3.8) is 0 Å². The average Bonchev–Trinajstić information content (AvgIpc) is 2.78. The second kappa shape index (κ2) is 5.83. The normalized spacial score (nSPS) is 25.8. The zero-order valence-corrected chi connectivity index (χ0v) is 10.4. The van der Waals surface area contributed by atoms with E-state index in [0.717, 1.165) is 0 Å². The zero-order valence-electron chi connectivity index (χ0n) is 10.4. The molecule has 1 aliphatic rings. The van der Waals surface area contributed by atoms with E-state index in [4.69, 9.17) is 10.4 Å². The van der Waals surface area contributed by atoms with Gasteiger partial charge in [0.05, 0.1) is 17.7 Å². The van der Waals surface area contributed by atoms with E-state index in [9.17, 15) is 9.90 Å². The van der Waals surface area contributed by atoms with Crippen LogP contribution in [0.5, 0.6) is 0 Å². The van der Waals surface area contributed by atoms with Crippen molar-refractivity contribution in [1.29, 1.82) is 5.26 Å². The molecule has 0 aliphatic heterocycles. The van der Waals surface area contributed by atoms with Gasteiger partial charge in [-0.25, -0.2) is 0 Å². The lowest BCUT2D eigenvalue weighted by atomic mass is 10.1. The molecule has 0 bridgehead atoms. The van der Waals surface area contributed by atoms with Gasteiger partial charge < -0.3 is 15.5 Å². The monoisotopic (exact) mass is 260 g/mol. The van der Waals surface area contributed by atoms with Gasteiger partial charge in [-0.1, -0.05) is 6.07 Å². The number of aliphatic hydroxyl groups is 2. The first-order valence-corrected chi connectivity index (χ1v) is 6.24. The molecule has 0 unspecified atom stereocenters. The number of nitriles is 1. The van der Waals surface area contributed by atoms with Crippen molar-refractivity contribution in [2.45, 2.75) is 25.0 Å². The maximum atomic E-state index is 12.0. The molecule has 1 aromatic rings. The van der Waals surface area contributed by atoms with Crippen molar-refractivity contribution < 1.29 is 15.0 Å². The topological polar surface area (TPSA) is 93.4 Å². The number of nitrogens with one attached hydrogen (secondary N) is 1. The van der Waals surface area contributed by atoms with Crippen LogP contribution in [0.15, 0.2) is 24.3 Å². The second-order valence-electron chi connectivity index (χ2n) is 4.84. The molecular weight excluding hydrogens is 244 g/mol. The van der Waals surface area contributed by atoms with Crippen LogP contribution in [0.4, 0.5) is 0 Å². The third-order valence-corrected chi connectivity index (χ3v) is 3.48. The number of benzene rings is 1. The van der Waals surface area contributed by atoms with Gasteiger partial charge in [-0.3, -0.25) is 4.79 Å². The molecule has 5 heteroatoms. The lowest BCUT2D eigenvalue weighted by molar-refractivity contribution is 0.0903. The van der Waals surface area contributed by atoms with Gasteiger partial charge in [-0.2, -0.15) is 5.26 Å². The minimum atomic E-state index is -0.569. The number of carbonyl (C=O) groups excluding carboxylic acids is 1. The van der Waals surface area contributed by atoms with Gasteiger partial charge in [0.25, 0.3) is 5.91 Å². The van der Waals surface area contributed by atoms with Crippen LogP contribution in [0.1, 0.15) is 28.8 Å². The molecule has 1 saturated carbocycles. The first-order chi connectivity index (χ1) is 9.13. The van der Waals surface area contributed by atoms with Gasteiger partial charge in [0.15, 0.2) is 0 Å². The van der Waals surface area contributed by atoms with E-state index in [1.54, 1.807) is 18.2 Å². The fourth-order valence-electron chi connectivity index (χ4n) is 2.42. The van der Waals surface area contributed by atoms with E-state index in [0.29, 0.717) is 24.0 Å². The Balaban J connectivity index is 2.00. The highest BCUT2D eigenvalue weighted by Gasteiger charge is 2.33. The van der Waals surface area contributed by atoms with E-state index < -0.39 is 6.10 Å². The number of carbonyl (C=O) groups is 1. The highest BCUT2D eigenvalue weighted by molar-refractivity contribution is 5.94. The molecule has 19 heavy (non-hydrogen) atoms. The number of amides is 1. The lowest BCUT2D eigenvalue weighted by Gasteiger charge is -2.12. The summed E-state index contributed by atoms with van der Waals surface area (Å²) in [6, 6.07) is 8.33. The van der Waals surface area contributed by atoms with Crippen LogP contribution in [0, 0.1) is 17.2 Å². The molecule has 0 aromatic heterocycles. The van der Waals surface area contributed by atoms with Gasteiger partial charge in [-0.15, -0.1) is 0 Å². The molecule has 0 spiro atoms. The summed E-state index contributed by atoms with van der Waals surface area (Å²) >= 11 is 0. The Labute approximate surface area is 111 Å². The third-order valence-electron chi connectivity index (χ3n) is 3.48. The van der Waals surface area contributed by atoms with E-state index in [2.05, 4.69) is 5.32 Å². The largest absolute Gasteiger partial charge is 0.396 e. The molecular formula is C14H16N2O3. The van der Waals surface area contributed by atoms with Gasteiger partial charge in [0.1, 0.15) is 0 Å². The average molecular weight is 260 g/mol. The van der Waals surface area contributed by atoms with Crippen LogP contribution in [-0.4, -0.2) is 34.9 Å². The second-order valence-corrected chi connectivity index (χ2v) is 4.84. The molecule has 2 rings (SSSR count). The van der Waals surface area contributed by atoms with Crippen molar-refractivity contribution in [3.05, 3.63) is 35.4 Å². The van der Waals surface area contributed by atoms with E-state index in [-0.39, 0.29) is 24.5 Å². The van der Waals surface area contributed by atoms with Crippen molar-refractivity contribution in [3.8, 4) is 6.07 Å². The molecule has 0 radical (unpaired) electrons. The third kappa shape index (κ3) is 3.11. The Morgan fingerprint density at radius 2 is 2.26 bits per heavy atom. The Morgan fingerprint density at radius 3 is 2.89 bits per heavy atom. The van der Waals surface area contributed by atoms with Gasteiger partial charge >= 0.3 is 0 Å². The number of rotatable bonds is 3. The summed E-state index contributed by atoms with van der Waals surface area (Å²) in [5.74, 6) is -0.427. The summed E-state index contributed by atoms with van der Waals surface area (Å²) in [7, 11) is 0. The Hall–Kier alpha value is -1.90. The molecule has 0 heterocycles. The smallest absolute Gasteiger partial charge is 0.251 e.